The molecule has 3 aliphatic carbocycles. The Bertz CT molecular complexity index is 1520. The molecule has 1 aromatic rings. The molecule has 0 saturated heterocycles. The topological polar surface area (TPSA) is 0 Å². The summed E-state index contributed by atoms with van der Waals surface area (Å²) in [6.07, 6.45) is 21.9. The minimum atomic E-state index is -0.0724. The molecule has 5 atom stereocenters. The van der Waals surface area contributed by atoms with Crippen LogP contribution in [0, 0.1) is 29.1 Å². The molecule has 0 nitrogen and oxygen atoms in total. The Labute approximate surface area is 323 Å². The molecule has 0 bridgehead atoms. The molecule has 3 aliphatic rings. The zero-order valence-corrected chi connectivity index (χ0v) is 36.5. The Morgan fingerprint density at radius 1 is 0.904 bits per heavy atom. The highest BCUT2D eigenvalue weighted by atomic mass is 14.4. The first-order valence-corrected chi connectivity index (χ1v) is 21.7. The minimum Gasteiger partial charge on any atom is -0.0950 e. The molecule has 288 valence electrons. The van der Waals surface area contributed by atoms with Crippen LogP contribution in [0.25, 0.3) is 5.57 Å². The molecule has 0 aliphatic heterocycles. The smallest absolute Gasteiger partial charge is 0.00667 e. The number of unbranched alkanes of at least 4 members (excludes halogenated alkanes) is 1. The third-order valence-corrected chi connectivity index (χ3v) is 13.6. The Kier molecular flexibility index (Phi) is 17.0. The number of benzene rings is 1. The average Bonchev–Trinajstić information content (AvgIpc) is 3.51. The van der Waals surface area contributed by atoms with E-state index in [9.17, 15) is 0 Å². The van der Waals surface area contributed by atoms with Crippen molar-refractivity contribution in [1.29, 1.82) is 0 Å². The summed E-state index contributed by atoms with van der Waals surface area (Å²) in [6.45, 7) is 39.8. The summed E-state index contributed by atoms with van der Waals surface area (Å²) in [4.78, 5) is 0. The van der Waals surface area contributed by atoms with Crippen LogP contribution in [0.15, 0.2) is 99.7 Å². The van der Waals surface area contributed by atoms with Crippen molar-refractivity contribution in [2.75, 3.05) is 0 Å². The molecule has 0 heteroatoms. The van der Waals surface area contributed by atoms with Gasteiger partial charge in [0.15, 0.2) is 0 Å². The van der Waals surface area contributed by atoms with Gasteiger partial charge in [-0.25, -0.2) is 0 Å². The van der Waals surface area contributed by atoms with Gasteiger partial charge in [0.1, 0.15) is 0 Å². The molecule has 0 saturated carbocycles. The van der Waals surface area contributed by atoms with Crippen molar-refractivity contribution in [3.63, 3.8) is 0 Å². The predicted octanol–water partition coefficient (Wildman–Crippen LogP) is 16.9. The lowest BCUT2D eigenvalue weighted by molar-refractivity contribution is 0.330. The molecule has 1 aromatic carbocycles. The maximum absolute atomic E-state index is 4.87. The van der Waals surface area contributed by atoms with E-state index in [0.717, 1.165) is 31.1 Å². The van der Waals surface area contributed by atoms with Gasteiger partial charge < -0.3 is 0 Å². The largest absolute Gasteiger partial charge is 0.0950 e. The highest BCUT2D eigenvalue weighted by Crippen LogP contribution is 2.53. The van der Waals surface area contributed by atoms with Gasteiger partial charge in [-0.3, -0.25) is 0 Å². The first-order valence-electron chi connectivity index (χ1n) is 21.7. The van der Waals surface area contributed by atoms with E-state index in [4.69, 9.17) is 6.58 Å². The normalized spacial score (nSPS) is 22.9. The molecular weight excluding hydrogens is 625 g/mol. The van der Waals surface area contributed by atoms with Gasteiger partial charge in [0.2, 0.25) is 0 Å². The van der Waals surface area contributed by atoms with Gasteiger partial charge in [0.25, 0.3) is 0 Å². The third-order valence-electron chi connectivity index (χ3n) is 13.6. The summed E-state index contributed by atoms with van der Waals surface area (Å²) in [6, 6.07) is 9.53. The van der Waals surface area contributed by atoms with Crippen molar-refractivity contribution in [3.8, 4) is 0 Å². The second-order valence-electron chi connectivity index (χ2n) is 17.4. The molecule has 0 N–H and O–H groups in total. The summed E-state index contributed by atoms with van der Waals surface area (Å²) >= 11 is 0. The number of allylic oxidation sites excluding steroid dienone is 12. The summed E-state index contributed by atoms with van der Waals surface area (Å²) < 4.78 is 0. The summed E-state index contributed by atoms with van der Waals surface area (Å²) in [7, 11) is 0. The Hall–Kier alpha value is -2.60. The van der Waals surface area contributed by atoms with Crippen LogP contribution in [0.4, 0.5) is 0 Å². The Morgan fingerprint density at radius 3 is 2.08 bits per heavy atom. The first kappa shape index (κ1) is 43.8. The maximum Gasteiger partial charge on any atom is 0.00667 e. The van der Waals surface area contributed by atoms with Crippen LogP contribution in [0.1, 0.15) is 191 Å². The van der Waals surface area contributed by atoms with Gasteiger partial charge in [-0.15, -0.1) is 0 Å². The molecule has 0 spiro atoms. The van der Waals surface area contributed by atoms with Crippen molar-refractivity contribution < 1.29 is 0 Å². The lowest BCUT2D eigenvalue weighted by Gasteiger charge is -2.39. The summed E-state index contributed by atoms with van der Waals surface area (Å²) in [5, 5.41) is 0. The van der Waals surface area contributed by atoms with Crippen LogP contribution in [-0.4, -0.2) is 0 Å². The number of rotatable bonds is 16. The first-order chi connectivity index (χ1) is 24.7. The van der Waals surface area contributed by atoms with E-state index in [2.05, 4.69) is 133 Å². The van der Waals surface area contributed by atoms with E-state index in [0.29, 0.717) is 17.8 Å². The molecule has 0 fully saturated rings. The van der Waals surface area contributed by atoms with Crippen LogP contribution < -0.4 is 0 Å². The van der Waals surface area contributed by atoms with Crippen LogP contribution in [-0.2, 0) is 0 Å². The van der Waals surface area contributed by atoms with E-state index in [-0.39, 0.29) is 5.41 Å². The van der Waals surface area contributed by atoms with Gasteiger partial charge in [0.05, 0.1) is 0 Å². The van der Waals surface area contributed by atoms with Crippen molar-refractivity contribution >= 4 is 5.57 Å². The predicted molar refractivity (Wildman–Crippen MR) is 235 cm³/mol. The van der Waals surface area contributed by atoms with Crippen molar-refractivity contribution in [1.82, 2.24) is 0 Å². The quantitative estimate of drug-likeness (QED) is 0.161. The third kappa shape index (κ3) is 10.1. The van der Waals surface area contributed by atoms with Gasteiger partial charge >= 0.3 is 0 Å². The molecule has 0 amide bonds. The highest BCUT2D eigenvalue weighted by molar-refractivity contribution is 5.84. The van der Waals surface area contributed by atoms with Crippen LogP contribution in [0.2, 0.25) is 0 Å². The fourth-order valence-electron chi connectivity index (χ4n) is 9.69. The molecule has 1 unspecified atom stereocenters. The molecule has 0 radical (unpaired) electrons. The van der Waals surface area contributed by atoms with Crippen molar-refractivity contribution in [3.05, 3.63) is 111 Å². The van der Waals surface area contributed by atoms with E-state index < -0.39 is 0 Å². The fraction of sp³-hybridized carbons (Fsp3) is 0.615. The standard InChI is InChI=1S/C42H58.C10H22/c1-13-16-39(35-19-21-36(22-20-35)40-27(5)23-26(4)28(40)6)42(11,12)32(10)41-30(8)29(7)38(31(41)9)25-37-24-33(14-2)17-18-34(37)15-3;1-4-7-9-10(6-3)8-5-2/h19-23,25-26,30,33,39H,7,10,13-18,24H2,1-6,8-9,11-12H3;10H,4-9H2,1-3H3/b38-25+;/t26-,30+,33-,39+;/m0./s1. The SMILES string of the molecule is C=C1/C(=C\C2=C(CC)CC[C@H](CC)C2)C(C)=C(C(=C)C(C)(C)[C@H](CCC)c2ccc(C3=C(C)[C@@H](C)C=C3C)cc2)[C@@H]1C.CCCCC(CC)CCC. The molecule has 4 rings (SSSR count). The van der Waals surface area contributed by atoms with E-state index in [1.165, 1.54) is 120 Å². The van der Waals surface area contributed by atoms with Crippen LogP contribution in [0.5, 0.6) is 0 Å². The second-order valence-corrected chi connectivity index (χ2v) is 17.4. The maximum atomic E-state index is 4.87. The number of hydrogen-bond donors (Lipinski definition) is 0. The van der Waals surface area contributed by atoms with Gasteiger partial charge in [-0.05, 0) is 138 Å². The van der Waals surface area contributed by atoms with E-state index >= 15 is 0 Å². The lowest BCUT2D eigenvalue weighted by atomic mass is 9.65. The zero-order chi connectivity index (χ0) is 38.7. The van der Waals surface area contributed by atoms with Crippen molar-refractivity contribution in [2.45, 2.75) is 179 Å². The molecule has 52 heavy (non-hydrogen) atoms. The van der Waals surface area contributed by atoms with Gasteiger partial charge in [-0.1, -0.05) is 181 Å². The highest BCUT2D eigenvalue weighted by Gasteiger charge is 2.39. The zero-order valence-electron chi connectivity index (χ0n) is 36.5. The lowest BCUT2D eigenvalue weighted by Crippen LogP contribution is -2.26. The molecule has 0 heterocycles. The minimum absolute atomic E-state index is 0.0724. The molecule has 0 aromatic heterocycles. The fourth-order valence-corrected chi connectivity index (χ4v) is 9.69. The van der Waals surface area contributed by atoms with E-state index in [1.807, 2.05) is 0 Å². The monoisotopic (exact) mass is 705 g/mol. The summed E-state index contributed by atoms with van der Waals surface area (Å²) in [5.74, 6) is 3.08. The Morgan fingerprint density at radius 2 is 1.56 bits per heavy atom. The van der Waals surface area contributed by atoms with Gasteiger partial charge in [-0.2, -0.15) is 0 Å². The molecular formula is C52H80. The second kappa shape index (κ2) is 20.2. The number of hydrogen-bond acceptors (Lipinski definition) is 0. The van der Waals surface area contributed by atoms with Gasteiger partial charge in [0, 0.05) is 5.92 Å². The van der Waals surface area contributed by atoms with E-state index in [1.54, 1.807) is 11.1 Å². The van der Waals surface area contributed by atoms with Crippen molar-refractivity contribution in [2.24, 2.45) is 29.1 Å². The Balaban J connectivity index is 0.000000636. The van der Waals surface area contributed by atoms with Crippen LogP contribution in [0.3, 0.4) is 0 Å². The van der Waals surface area contributed by atoms with Crippen LogP contribution >= 0.6 is 0 Å². The summed E-state index contributed by atoms with van der Waals surface area (Å²) in [5.41, 5.74) is 17.1. The average molecular weight is 705 g/mol.